The number of amides is 3. The molecule has 0 unspecified atom stereocenters. The van der Waals surface area contributed by atoms with Gasteiger partial charge in [-0.15, -0.1) is 0 Å². The van der Waals surface area contributed by atoms with Crippen molar-refractivity contribution in [2.75, 3.05) is 20.7 Å². The molecule has 0 aliphatic heterocycles. The van der Waals surface area contributed by atoms with Crippen LogP contribution in [0.5, 0.6) is 0 Å². The maximum absolute atomic E-state index is 11.7. The van der Waals surface area contributed by atoms with Crippen LogP contribution in [0.4, 0.5) is 4.79 Å². The predicted molar refractivity (Wildman–Crippen MR) is 67.1 cm³/mol. The average Bonchev–Trinajstić information content (AvgIpc) is 2.37. The summed E-state index contributed by atoms with van der Waals surface area (Å²) in [5.41, 5.74) is 0.751. The van der Waals surface area contributed by atoms with Crippen LogP contribution in [0.1, 0.15) is 5.56 Å². The van der Waals surface area contributed by atoms with Crippen LogP contribution in [-0.4, -0.2) is 54.0 Å². The standard InChI is InChI=1S/C12H15N3O3/c1-14(2)15(11(17)9-16)12(18)13-8-10-6-4-3-5-7-10/h3-8,16H,9H2,1-2H3. The third kappa shape index (κ3) is 3.76. The Kier molecular flexibility index (Phi) is 5.16. The summed E-state index contributed by atoms with van der Waals surface area (Å²) in [6.07, 6.45) is 1.36. The fraction of sp³-hybridized carbons (Fsp3) is 0.250. The number of rotatable bonds is 3. The highest BCUT2D eigenvalue weighted by Gasteiger charge is 2.21. The molecule has 0 radical (unpaired) electrons. The van der Waals surface area contributed by atoms with Crippen LogP contribution in [0.15, 0.2) is 35.3 Å². The zero-order valence-corrected chi connectivity index (χ0v) is 10.3. The Labute approximate surface area is 105 Å². The van der Waals surface area contributed by atoms with Crippen molar-refractivity contribution in [2.45, 2.75) is 0 Å². The van der Waals surface area contributed by atoms with Crippen LogP contribution in [-0.2, 0) is 4.79 Å². The van der Waals surface area contributed by atoms with Crippen molar-refractivity contribution < 1.29 is 14.7 Å². The Hall–Kier alpha value is -2.05. The summed E-state index contributed by atoms with van der Waals surface area (Å²) in [7, 11) is 3.03. The van der Waals surface area contributed by atoms with Gasteiger partial charge in [0.1, 0.15) is 6.61 Å². The third-order valence-electron chi connectivity index (χ3n) is 2.08. The summed E-state index contributed by atoms with van der Waals surface area (Å²) in [5.74, 6) is -0.727. The number of aliphatic hydroxyl groups is 1. The highest BCUT2D eigenvalue weighted by Crippen LogP contribution is 1.99. The van der Waals surface area contributed by atoms with Gasteiger partial charge < -0.3 is 5.11 Å². The summed E-state index contributed by atoms with van der Waals surface area (Å²) in [5, 5.41) is 10.8. The number of carbonyl (C=O) groups is 2. The molecule has 0 bridgehead atoms. The predicted octanol–water partition coefficient (Wildman–Crippen LogP) is 0.523. The molecule has 1 aromatic carbocycles. The number of urea groups is 1. The molecule has 1 rings (SSSR count). The molecule has 0 heterocycles. The van der Waals surface area contributed by atoms with Crippen LogP contribution in [0.25, 0.3) is 0 Å². The molecule has 0 saturated heterocycles. The van der Waals surface area contributed by atoms with Gasteiger partial charge in [0.25, 0.3) is 5.91 Å². The van der Waals surface area contributed by atoms with Crippen molar-refractivity contribution in [1.82, 2.24) is 10.0 Å². The lowest BCUT2D eigenvalue weighted by atomic mass is 10.2. The maximum atomic E-state index is 11.7. The largest absolute Gasteiger partial charge is 0.386 e. The van der Waals surface area contributed by atoms with Crippen LogP contribution >= 0.6 is 0 Å². The Morgan fingerprint density at radius 3 is 2.39 bits per heavy atom. The van der Waals surface area contributed by atoms with E-state index in [-0.39, 0.29) is 0 Å². The highest BCUT2D eigenvalue weighted by molar-refractivity contribution is 5.99. The Morgan fingerprint density at radius 2 is 1.89 bits per heavy atom. The fourth-order valence-corrected chi connectivity index (χ4v) is 1.29. The fourth-order valence-electron chi connectivity index (χ4n) is 1.29. The number of carbonyl (C=O) groups excluding carboxylic acids is 2. The molecule has 6 nitrogen and oxygen atoms in total. The van der Waals surface area contributed by atoms with Gasteiger partial charge in [-0.25, -0.2) is 9.80 Å². The molecule has 6 heteroatoms. The second kappa shape index (κ2) is 6.63. The van der Waals surface area contributed by atoms with Gasteiger partial charge in [-0.05, 0) is 5.56 Å². The summed E-state index contributed by atoms with van der Waals surface area (Å²) < 4.78 is 0. The van der Waals surface area contributed by atoms with Crippen molar-refractivity contribution in [3.8, 4) is 0 Å². The average molecular weight is 249 g/mol. The van der Waals surface area contributed by atoms with Gasteiger partial charge in [-0.3, -0.25) is 4.79 Å². The van der Waals surface area contributed by atoms with Crippen molar-refractivity contribution in [3.05, 3.63) is 35.9 Å². The zero-order chi connectivity index (χ0) is 13.5. The van der Waals surface area contributed by atoms with Gasteiger partial charge in [0, 0.05) is 20.3 Å². The van der Waals surface area contributed by atoms with Gasteiger partial charge in [-0.2, -0.15) is 10.0 Å². The molecular formula is C12H15N3O3. The van der Waals surface area contributed by atoms with Gasteiger partial charge in [-0.1, -0.05) is 30.3 Å². The summed E-state index contributed by atoms with van der Waals surface area (Å²) >= 11 is 0. The molecule has 1 aromatic rings. The molecule has 0 spiro atoms. The van der Waals surface area contributed by atoms with Crippen molar-refractivity contribution >= 4 is 18.2 Å². The molecule has 0 aliphatic rings. The second-order valence-corrected chi connectivity index (χ2v) is 3.66. The van der Waals surface area contributed by atoms with Crippen molar-refractivity contribution in [2.24, 2.45) is 4.99 Å². The van der Waals surface area contributed by atoms with E-state index in [1.165, 1.54) is 25.3 Å². The lowest BCUT2D eigenvalue weighted by Gasteiger charge is -2.23. The lowest BCUT2D eigenvalue weighted by molar-refractivity contribution is -0.141. The molecule has 0 aliphatic carbocycles. The molecule has 0 fully saturated rings. The monoisotopic (exact) mass is 249 g/mol. The van der Waals surface area contributed by atoms with E-state index in [1.54, 1.807) is 12.1 Å². The van der Waals surface area contributed by atoms with Crippen molar-refractivity contribution in [1.29, 1.82) is 0 Å². The van der Waals surface area contributed by atoms with E-state index in [0.717, 1.165) is 10.6 Å². The second-order valence-electron chi connectivity index (χ2n) is 3.66. The number of aliphatic hydroxyl groups excluding tert-OH is 1. The topological polar surface area (TPSA) is 73.2 Å². The molecule has 96 valence electrons. The minimum Gasteiger partial charge on any atom is -0.386 e. The quantitative estimate of drug-likeness (QED) is 0.626. The Balaban J connectivity index is 2.80. The van der Waals surface area contributed by atoms with Crippen molar-refractivity contribution in [3.63, 3.8) is 0 Å². The van der Waals surface area contributed by atoms with Gasteiger partial charge in [0.05, 0.1) is 0 Å². The van der Waals surface area contributed by atoms with E-state index in [1.807, 2.05) is 18.2 Å². The van der Waals surface area contributed by atoms with Gasteiger partial charge in [0.15, 0.2) is 0 Å². The molecule has 3 amide bonds. The summed E-state index contributed by atoms with van der Waals surface area (Å²) in [6.45, 7) is -0.745. The first-order chi connectivity index (χ1) is 8.56. The van der Waals surface area contributed by atoms with Crippen LogP contribution in [0.3, 0.4) is 0 Å². The maximum Gasteiger partial charge on any atom is 0.365 e. The number of hydrogen-bond donors (Lipinski definition) is 1. The minimum absolute atomic E-state index is 0.727. The number of hydrogen-bond acceptors (Lipinski definition) is 4. The van der Waals surface area contributed by atoms with Crippen LogP contribution < -0.4 is 0 Å². The highest BCUT2D eigenvalue weighted by atomic mass is 16.3. The molecule has 18 heavy (non-hydrogen) atoms. The molecule has 1 N–H and O–H groups in total. The van der Waals surface area contributed by atoms with E-state index in [2.05, 4.69) is 4.99 Å². The zero-order valence-electron chi connectivity index (χ0n) is 10.3. The van der Waals surface area contributed by atoms with E-state index in [9.17, 15) is 9.59 Å². The molecule has 0 saturated carbocycles. The van der Waals surface area contributed by atoms with Gasteiger partial charge >= 0.3 is 6.03 Å². The number of aliphatic imine (C=N–C) groups is 1. The van der Waals surface area contributed by atoms with E-state index in [4.69, 9.17) is 5.11 Å². The third-order valence-corrected chi connectivity index (χ3v) is 2.08. The Morgan fingerprint density at radius 1 is 1.28 bits per heavy atom. The van der Waals surface area contributed by atoms with Gasteiger partial charge in [0.2, 0.25) is 0 Å². The summed E-state index contributed by atoms with van der Waals surface area (Å²) in [4.78, 5) is 26.7. The molecule has 0 atom stereocenters. The summed E-state index contributed by atoms with van der Waals surface area (Å²) in [6, 6.07) is 8.29. The molecule has 0 aromatic heterocycles. The van der Waals surface area contributed by atoms with Crippen LogP contribution in [0.2, 0.25) is 0 Å². The number of benzene rings is 1. The van der Waals surface area contributed by atoms with Crippen LogP contribution in [0, 0.1) is 0 Å². The van der Waals surface area contributed by atoms with E-state index in [0.29, 0.717) is 0 Å². The number of hydrazine groups is 1. The number of imide groups is 1. The minimum atomic E-state index is -0.747. The number of nitrogens with zero attached hydrogens (tertiary/aromatic N) is 3. The normalized spacial score (nSPS) is 10.9. The smallest absolute Gasteiger partial charge is 0.365 e. The van der Waals surface area contributed by atoms with E-state index < -0.39 is 18.5 Å². The molecular weight excluding hydrogens is 234 g/mol. The first-order valence-electron chi connectivity index (χ1n) is 5.30. The first-order valence-corrected chi connectivity index (χ1v) is 5.30. The van der Waals surface area contributed by atoms with E-state index >= 15 is 0 Å². The SMILES string of the molecule is CN(C)N(C(=O)CO)C(=O)N=Cc1ccccc1. The Bertz CT molecular complexity index is 443. The first kappa shape index (κ1) is 14.0. The lowest BCUT2D eigenvalue weighted by Crippen LogP contribution is -2.46.